The summed E-state index contributed by atoms with van der Waals surface area (Å²) in [4.78, 5) is 4.25. The van der Waals surface area contributed by atoms with Gasteiger partial charge in [-0.15, -0.1) is 11.3 Å². The third-order valence-corrected chi connectivity index (χ3v) is 2.68. The lowest BCUT2D eigenvalue weighted by Crippen LogP contribution is -2.10. The Hall–Kier alpha value is -1.68. The van der Waals surface area contributed by atoms with Gasteiger partial charge in [-0.1, -0.05) is 30.3 Å². The molecule has 2 rings (SSSR count). The van der Waals surface area contributed by atoms with Crippen LogP contribution in [0.5, 0.6) is 0 Å². The smallest absolute Gasteiger partial charge is 0.158 e. The zero-order chi connectivity index (χ0) is 9.97. The van der Waals surface area contributed by atoms with Gasteiger partial charge in [-0.05, 0) is 0 Å². The van der Waals surface area contributed by atoms with Crippen molar-refractivity contribution in [3.05, 3.63) is 40.7 Å². The maximum Gasteiger partial charge on any atom is 0.158 e. The highest BCUT2D eigenvalue weighted by Crippen LogP contribution is 2.20. The van der Waals surface area contributed by atoms with Gasteiger partial charge in [0.25, 0.3) is 0 Å². The van der Waals surface area contributed by atoms with Crippen LogP contribution in [0.25, 0.3) is 11.3 Å². The van der Waals surface area contributed by atoms with E-state index in [1.54, 1.807) is 0 Å². The van der Waals surface area contributed by atoms with Gasteiger partial charge in [0.1, 0.15) is 0 Å². The highest BCUT2D eigenvalue weighted by Gasteiger charge is 2.05. The van der Waals surface area contributed by atoms with Gasteiger partial charge in [-0.2, -0.15) is 0 Å². The Morgan fingerprint density at radius 3 is 2.57 bits per heavy atom. The molecule has 14 heavy (non-hydrogen) atoms. The Labute approximate surface area is 85.7 Å². The van der Waals surface area contributed by atoms with Crippen molar-refractivity contribution >= 4 is 17.2 Å². The van der Waals surface area contributed by atoms with E-state index in [0.29, 0.717) is 5.01 Å². The molecule has 0 aliphatic carbocycles. The number of benzene rings is 1. The number of nitrogen functional groups attached to an aromatic ring is 1. The van der Waals surface area contributed by atoms with Crippen LogP contribution in [0.2, 0.25) is 0 Å². The Morgan fingerprint density at radius 2 is 2.00 bits per heavy atom. The van der Waals surface area contributed by atoms with E-state index in [-0.39, 0.29) is 5.84 Å². The first-order valence-corrected chi connectivity index (χ1v) is 5.00. The lowest BCUT2D eigenvalue weighted by atomic mass is 10.2. The molecule has 4 heteroatoms. The fourth-order valence-corrected chi connectivity index (χ4v) is 1.83. The topological polar surface area (TPSA) is 62.8 Å². The molecule has 0 spiro atoms. The average Bonchev–Trinajstić information content (AvgIpc) is 2.68. The number of nitrogens with zero attached hydrogens (tertiary/aromatic N) is 1. The van der Waals surface area contributed by atoms with Gasteiger partial charge in [0.05, 0.1) is 5.69 Å². The molecule has 70 valence electrons. The first-order valence-electron chi connectivity index (χ1n) is 4.13. The van der Waals surface area contributed by atoms with E-state index in [1.807, 2.05) is 35.7 Å². The van der Waals surface area contributed by atoms with Crippen LogP contribution in [0.4, 0.5) is 0 Å². The van der Waals surface area contributed by atoms with E-state index in [2.05, 4.69) is 4.98 Å². The van der Waals surface area contributed by atoms with Gasteiger partial charge >= 0.3 is 0 Å². The van der Waals surface area contributed by atoms with Gasteiger partial charge < -0.3 is 5.73 Å². The molecule has 1 aromatic heterocycles. The summed E-state index contributed by atoms with van der Waals surface area (Å²) < 4.78 is 0. The van der Waals surface area contributed by atoms with Crippen LogP contribution < -0.4 is 5.73 Å². The number of nitrogens with one attached hydrogen (secondary N) is 1. The molecule has 0 bridgehead atoms. The maximum atomic E-state index is 7.24. The van der Waals surface area contributed by atoms with Crippen molar-refractivity contribution in [1.82, 2.24) is 4.98 Å². The first kappa shape index (κ1) is 8.90. The van der Waals surface area contributed by atoms with Crippen LogP contribution in [-0.4, -0.2) is 10.8 Å². The third-order valence-electron chi connectivity index (χ3n) is 1.80. The number of rotatable bonds is 2. The van der Waals surface area contributed by atoms with Gasteiger partial charge in [0, 0.05) is 10.9 Å². The van der Waals surface area contributed by atoms with Crippen LogP contribution in [0.3, 0.4) is 0 Å². The molecule has 0 saturated heterocycles. The fraction of sp³-hybridized carbons (Fsp3) is 0. The summed E-state index contributed by atoms with van der Waals surface area (Å²) in [7, 11) is 0. The zero-order valence-corrected chi connectivity index (χ0v) is 8.21. The summed E-state index contributed by atoms with van der Waals surface area (Å²) in [5.41, 5.74) is 7.26. The SMILES string of the molecule is N=C(N)c1nc(-c2ccccc2)cs1. The molecule has 0 aliphatic rings. The summed E-state index contributed by atoms with van der Waals surface area (Å²) in [5, 5.41) is 9.72. The van der Waals surface area contributed by atoms with Crippen molar-refractivity contribution in [1.29, 1.82) is 5.41 Å². The zero-order valence-electron chi connectivity index (χ0n) is 7.40. The summed E-state index contributed by atoms with van der Waals surface area (Å²) in [5.74, 6) is 0.0252. The molecule has 0 aliphatic heterocycles. The lowest BCUT2D eigenvalue weighted by molar-refractivity contribution is 1.33. The molecule has 0 atom stereocenters. The predicted molar refractivity (Wildman–Crippen MR) is 58.6 cm³/mol. The summed E-state index contributed by atoms with van der Waals surface area (Å²) in [6.45, 7) is 0. The second-order valence-corrected chi connectivity index (χ2v) is 3.68. The van der Waals surface area contributed by atoms with Crippen molar-refractivity contribution < 1.29 is 0 Å². The minimum absolute atomic E-state index is 0.0252. The Morgan fingerprint density at radius 1 is 1.29 bits per heavy atom. The number of amidine groups is 1. The second-order valence-electron chi connectivity index (χ2n) is 2.82. The Balaban J connectivity index is 2.39. The van der Waals surface area contributed by atoms with Crippen LogP contribution in [0.1, 0.15) is 5.01 Å². The van der Waals surface area contributed by atoms with Gasteiger partial charge in [-0.3, -0.25) is 5.41 Å². The molecule has 0 radical (unpaired) electrons. The van der Waals surface area contributed by atoms with E-state index in [9.17, 15) is 0 Å². The van der Waals surface area contributed by atoms with Crippen molar-refractivity contribution in [2.75, 3.05) is 0 Å². The van der Waals surface area contributed by atoms with E-state index in [1.165, 1.54) is 11.3 Å². The number of hydrogen-bond acceptors (Lipinski definition) is 3. The summed E-state index contributed by atoms with van der Waals surface area (Å²) >= 11 is 1.39. The summed E-state index contributed by atoms with van der Waals surface area (Å²) in [6.07, 6.45) is 0. The minimum atomic E-state index is 0.0252. The first-order chi connectivity index (χ1) is 6.77. The van der Waals surface area contributed by atoms with E-state index in [0.717, 1.165) is 11.3 Å². The molecular formula is C10H9N3S. The number of aromatic nitrogens is 1. The van der Waals surface area contributed by atoms with Crippen molar-refractivity contribution in [2.24, 2.45) is 5.73 Å². The summed E-state index contributed by atoms with van der Waals surface area (Å²) in [6, 6.07) is 9.85. The standard InChI is InChI=1S/C10H9N3S/c11-9(12)10-13-8(6-14-10)7-4-2-1-3-5-7/h1-6H,(H3,11,12). The molecule has 3 nitrogen and oxygen atoms in total. The van der Waals surface area contributed by atoms with Crippen LogP contribution in [-0.2, 0) is 0 Å². The number of nitrogens with two attached hydrogens (primary N) is 1. The second kappa shape index (κ2) is 3.59. The quantitative estimate of drug-likeness (QED) is 0.580. The Kier molecular flexibility index (Phi) is 2.28. The maximum absolute atomic E-state index is 7.24. The van der Waals surface area contributed by atoms with Crippen LogP contribution in [0, 0.1) is 5.41 Å². The highest BCUT2D eigenvalue weighted by molar-refractivity contribution is 7.12. The third kappa shape index (κ3) is 1.65. The van der Waals surface area contributed by atoms with Crippen molar-refractivity contribution in [3.8, 4) is 11.3 Å². The molecule has 2 aromatic rings. The molecule has 1 aromatic carbocycles. The minimum Gasteiger partial charge on any atom is -0.382 e. The normalized spacial score (nSPS) is 10.0. The highest BCUT2D eigenvalue weighted by atomic mass is 32.1. The number of hydrogen-bond donors (Lipinski definition) is 2. The largest absolute Gasteiger partial charge is 0.382 e. The van der Waals surface area contributed by atoms with E-state index in [4.69, 9.17) is 11.1 Å². The number of thiazole rings is 1. The molecule has 0 fully saturated rings. The fourth-order valence-electron chi connectivity index (χ4n) is 1.14. The monoisotopic (exact) mass is 203 g/mol. The van der Waals surface area contributed by atoms with Crippen LogP contribution in [0.15, 0.2) is 35.7 Å². The molecule has 0 amide bonds. The lowest BCUT2D eigenvalue weighted by Gasteiger charge is -1.93. The van der Waals surface area contributed by atoms with Gasteiger partial charge in [-0.25, -0.2) is 4.98 Å². The average molecular weight is 203 g/mol. The van der Waals surface area contributed by atoms with Crippen LogP contribution >= 0.6 is 11.3 Å². The van der Waals surface area contributed by atoms with E-state index >= 15 is 0 Å². The molecule has 0 saturated carbocycles. The molecular weight excluding hydrogens is 194 g/mol. The van der Waals surface area contributed by atoms with Gasteiger partial charge in [0.2, 0.25) is 0 Å². The van der Waals surface area contributed by atoms with Gasteiger partial charge in [0.15, 0.2) is 10.8 Å². The van der Waals surface area contributed by atoms with Crippen molar-refractivity contribution in [3.63, 3.8) is 0 Å². The molecule has 1 heterocycles. The molecule has 3 N–H and O–H groups in total. The Bertz CT molecular complexity index is 447. The van der Waals surface area contributed by atoms with Crippen molar-refractivity contribution in [2.45, 2.75) is 0 Å². The molecule has 0 unspecified atom stereocenters. The van der Waals surface area contributed by atoms with E-state index < -0.39 is 0 Å². The predicted octanol–water partition coefficient (Wildman–Crippen LogP) is 2.09.